The molecule has 2 atom stereocenters. The van der Waals surface area contributed by atoms with Crippen LogP contribution in [0.5, 0.6) is 0 Å². The molecule has 0 aromatic rings. The third-order valence-electron chi connectivity index (χ3n) is 3.22. The van der Waals surface area contributed by atoms with E-state index in [0.717, 1.165) is 32.2 Å². The predicted molar refractivity (Wildman–Crippen MR) is 72.9 cm³/mol. The summed E-state index contributed by atoms with van der Waals surface area (Å²) in [5.41, 5.74) is 1.17. The minimum absolute atomic E-state index is 0.341. The van der Waals surface area contributed by atoms with E-state index in [4.69, 9.17) is 0 Å². The second-order valence-electron chi connectivity index (χ2n) is 5.32. The van der Waals surface area contributed by atoms with E-state index < -0.39 is 9.84 Å². The fourth-order valence-corrected chi connectivity index (χ4v) is 4.35. The molecule has 0 aliphatic carbocycles. The highest BCUT2D eigenvalue weighted by atomic mass is 32.2. The maximum atomic E-state index is 11.4. The topological polar surface area (TPSA) is 46.2 Å². The molecule has 0 spiro atoms. The third kappa shape index (κ3) is 5.68. The number of hydrogen-bond donors (Lipinski definition) is 1. The van der Waals surface area contributed by atoms with Crippen LogP contribution in [0.3, 0.4) is 0 Å². The van der Waals surface area contributed by atoms with Crippen LogP contribution in [0.4, 0.5) is 0 Å². The summed E-state index contributed by atoms with van der Waals surface area (Å²) >= 11 is 0. The molecule has 1 saturated heterocycles. The number of nitrogens with one attached hydrogen (secondary N) is 1. The molecule has 0 aromatic carbocycles. The summed E-state index contributed by atoms with van der Waals surface area (Å²) in [6, 6.07) is 0.394. The van der Waals surface area contributed by atoms with Crippen molar-refractivity contribution < 1.29 is 8.42 Å². The van der Waals surface area contributed by atoms with E-state index in [-0.39, 0.29) is 0 Å². The molecule has 1 N–H and O–H groups in total. The van der Waals surface area contributed by atoms with Gasteiger partial charge in [0.2, 0.25) is 0 Å². The van der Waals surface area contributed by atoms with Crippen LogP contribution in [0.15, 0.2) is 12.2 Å². The zero-order chi connectivity index (χ0) is 12.9. The van der Waals surface area contributed by atoms with Crippen molar-refractivity contribution in [3.8, 4) is 0 Å². The van der Waals surface area contributed by atoms with Crippen LogP contribution in [0.25, 0.3) is 0 Å². The second kappa shape index (κ2) is 6.55. The van der Waals surface area contributed by atoms with Crippen molar-refractivity contribution in [3.63, 3.8) is 0 Å². The Labute approximate surface area is 106 Å². The van der Waals surface area contributed by atoms with Gasteiger partial charge in [-0.3, -0.25) is 0 Å². The molecule has 4 heteroatoms. The van der Waals surface area contributed by atoms with Gasteiger partial charge >= 0.3 is 0 Å². The van der Waals surface area contributed by atoms with Crippen LogP contribution in [0.2, 0.25) is 0 Å². The largest absolute Gasteiger partial charge is 0.314 e. The van der Waals surface area contributed by atoms with Gasteiger partial charge < -0.3 is 5.32 Å². The Morgan fingerprint density at radius 1 is 1.53 bits per heavy atom. The van der Waals surface area contributed by atoms with Crippen LogP contribution >= 0.6 is 0 Å². The molecule has 0 bridgehead atoms. The monoisotopic (exact) mass is 259 g/mol. The maximum absolute atomic E-state index is 11.4. The van der Waals surface area contributed by atoms with Gasteiger partial charge in [-0.15, -0.1) is 6.58 Å². The predicted octanol–water partition coefficient (Wildman–Crippen LogP) is 2.15. The van der Waals surface area contributed by atoms with Gasteiger partial charge in [-0.05, 0) is 45.1 Å². The van der Waals surface area contributed by atoms with Gasteiger partial charge in [0.05, 0.1) is 11.5 Å². The number of sulfone groups is 1. The van der Waals surface area contributed by atoms with E-state index in [0.29, 0.717) is 23.5 Å². The molecule has 0 amide bonds. The summed E-state index contributed by atoms with van der Waals surface area (Å²) in [5, 5.41) is 3.50. The van der Waals surface area contributed by atoms with Gasteiger partial charge in [0.15, 0.2) is 9.84 Å². The van der Waals surface area contributed by atoms with Gasteiger partial charge in [0, 0.05) is 6.04 Å². The van der Waals surface area contributed by atoms with Gasteiger partial charge in [-0.2, -0.15) is 0 Å². The van der Waals surface area contributed by atoms with Crippen molar-refractivity contribution in [2.75, 3.05) is 18.1 Å². The second-order valence-corrected chi connectivity index (χ2v) is 7.55. The van der Waals surface area contributed by atoms with E-state index in [2.05, 4.69) is 18.8 Å². The lowest BCUT2D eigenvalue weighted by Gasteiger charge is -2.21. The molecule has 0 radical (unpaired) electrons. The Morgan fingerprint density at radius 2 is 2.24 bits per heavy atom. The Bertz CT molecular complexity index is 348. The van der Waals surface area contributed by atoms with Crippen molar-refractivity contribution in [1.29, 1.82) is 0 Å². The van der Waals surface area contributed by atoms with E-state index >= 15 is 0 Å². The molecule has 2 unspecified atom stereocenters. The Kier molecular flexibility index (Phi) is 5.67. The maximum Gasteiger partial charge on any atom is 0.150 e. The average Bonchev–Trinajstić information content (AvgIpc) is 2.53. The van der Waals surface area contributed by atoms with Crippen LogP contribution in [0, 0.1) is 5.92 Å². The molecule has 1 heterocycles. The lowest BCUT2D eigenvalue weighted by molar-refractivity contribution is 0.402. The smallest absolute Gasteiger partial charge is 0.150 e. The Balaban J connectivity index is 2.45. The van der Waals surface area contributed by atoms with Crippen molar-refractivity contribution >= 4 is 9.84 Å². The first-order valence-corrected chi connectivity index (χ1v) is 8.33. The molecule has 1 rings (SSSR count). The summed E-state index contributed by atoms with van der Waals surface area (Å²) < 4.78 is 22.8. The van der Waals surface area contributed by atoms with Crippen LogP contribution in [0.1, 0.15) is 39.5 Å². The number of rotatable bonds is 7. The zero-order valence-electron chi connectivity index (χ0n) is 11.0. The van der Waals surface area contributed by atoms with Crippen molar-refractivity contribution in [1.82, 2.24) is 5.32 Å². The summed E-state index contributed by atoms with van der Waals surface area (Å²) in [6.45, 7) is 9.12. The zero-order valence-corrected chi connectivity index (χ0v) is 11.9. The summed E-state index contributed by atoms with van der Waals surface area (Å²) in [7, 11) is -2.74. The first-order chi connectivity index (χ1) is 7.93. The first-order valence-electron chi connectivity index (χ1n) is 6.51. The molecule has 1 aliphatic rings. The molecule has 3 nitrogen and oxygen atoms in total. The Hall–Kier alpha value is -0.350. The summed E-state index contributed by atoms with van der Waals surface area (Å²) in [5.74, 6) is 1.10. The van der Waals surface area contributed by atoms with E-state index in [1.807, 2.05) is 6.92 Å². The summed E-state index contributed by atoms with van der Waals surface area (Å²) in [4.78, 5) is 0. The standard InChI is InChI=1S/C13H25NO2S/c1-4-6-14-13(8-11(2)3)9-12-5-7-17(15,16)10-12/h12-14H,2,4-10H2,1,3H3. The quantitative estimate of drug-likeness (QED) is 0.713. The molecular formula is C13H25NO2S. The highest BCUT2D eigenvalue weighted by molar-refractivity contribution is 7.91. The lowest BCUT2D eigenvalue weighted by Crippen LogP contribution is -2.32. The molecule has 1 aliphatic heterocycles. The van der Waals surface area contributed by atoms with Crippen molar-refractivity contribution in [2.24, 2.45) is 5.92 Å². The van der Waals surface area contributed by atoms with Gasteiger partial charge in [0.1, 0.15) is 0 Å². The normalized spacial score (nSPS) is 24.7. The SMILES string of the molecule is C=C(C)CC(CC1CCS(=O)(=O)C1)NCCC. The van der Waals surface area contributed by atoms with E-state index in [1.165, 1.54) is 5.57 Å². The van der Waals surface area contributed by atoms with Gasteiger partial charge in [0.25, 0.3) is 0 Å². The van der Waals surface area contributed by atoms with Crippen molar-refractivity contribution in [2.45, 2.75) is 45.6 Å². The average molecular weight is 259 g/mol. The molecular weight excluding hydrogens is 234 g/mol. The molecule has 0 aromatic heterocycles. The third-order valence-corrected chi connectivity index (χ3v) is 5.06. The van der Waals surface area contributed by atoms with Gasteiger partial charge in [-0.25, -0.2) is 8.42 Å². The van der Waals surface area contributed by atoms with E-state index in [1.54, 1.807) is 0 Å². The van der Waals surface area contributed by atoms with Crippen molar-refractivity contribution in [3.05, 3.63) is 12.2 Å². The van der Waals surface area contributed by atoms with Gasteiger partial charge in [-0.1, -0.05) is 12.5 Å². The van der Waals surface area contributed by atoms with Crippen LogP contribution in [-0.2, 0) is 9.84 Å². The number of hydrogen-bond acceptors (Lipinski definition) is 3. The minimum atomic E-state index is -2.74. The van der Waals surface area contributed by atoms with Crippen LogP contribution < -0.4 is 5.32 Å². The molecule has 0 saturated carbocycles. The lowest BCUT2D eigenvalue weighted by atomic mass is 9.95. The molecule has 17 heavy (non-hydrogen) atoms. The molecule has 100 valence electrons. The fourth-order valence-electron chi connectivity index (χ4n) is 2.47. The summed E-state index contributed by atoms with van der Waals surface area (Å²) in [6.07, 6.45) is 3.86. The highest BCUT2D eigenvalue weighted by Crippen LogP contribution is 2.24. The Morgan fingerprint density at radius 3 is 2.71 bits per heavy atom. The first kappa shape index (κ1) is 14.7. The fraction of sp³-hybridized carbons (Fsp3) is 0.846. The van der Waals surface area contributed by atoms with E-state index in [9.17, 15) is 8.42 Å². The minimum Gasteiger partial charge on any atom is -0.314 e. The highest BCUT2D eigenvalue weighted by Gasteiger charge is 2.29. The molecule has 1 fully saturated rings. The van der Waals surface area contributed by atoms with Crippen LogP contribution in [-0.4, -0.2) is 32.5 Å².